The zero-order chi connectivity index (χ0) is 12.7. The third-order valence-electron chi connectivity index (χ3n) is 2.57. The number of aromatic nitrogens is 4. The van der Waals surface area contributed by atoms with E-state index in [1.165, 1.54) is 18.1 Å². The first-order chi connectivity index (χ1) is 8.66. The molecule has 0 radical (unpaired) electrons. The highest BCUT2D eigenvalue weighted by Gasteiger charge is 2.15. The average Bonchev–Trinajstić information content (AvgIpc) is 2.94. The van der Waals surface area contributed by atoms with E-state index >= 15 is 0 Å². The summed E-state index contributed by atoms with van der Waals surface area (Å²) in [6, 6.07) is 1.91. The molecule has 0 spiro atoms. The maximum atomic E-state index is 6.10. The number of fused-ring (bicyclic) bond motifs is 1. The molecule has 0 N–H and O–H groups in total. The van der Waals surface area contributed by atoms with Crippen LogP contribution < -0.4 is 0 Å². The van der Waals surface area contributed by atoms with Gasteiger partial charge in [-0.1, -0.05) is 23.4 Å². The van der Waals surface area contributed by atoms with Gasteiger partial charge in [-0.15, -0.1) is 0 Å². The van der Waals surface area contributed by atoms with Gasteiger partial charge < -0.3 is 4.42 Å². The van der Waals surface area contributed by atoms with Gasteiger partial charge in [0.05, 0.1) is 11.2 Å². The summed E-state index contributed by atoms with van der Waals surface area (Å²) in [5.74, 6) is 1.36. The minimum atomic E-state index is 0.444. The summed E-state index contributed by atoms with van der Waals surface area (Å²) in [6.07, 6.45) is 3.12. The van der Waals surface area contributed by atoms with E-state index in [0.717, 1.165) is 21.2 Å². The molecule has 0 aromatic carbocycles. The Balaban J connectivity index is 2.18. The first-order valence-corrected chi connectivity index (χ1v) is 6.44. The normalized spacial score (nSPS) is 11.3. The Morgan fingerprint density at radius 2 is 2.22 bits per heavy atom. The Kier molecular flexibility index (Phi) is 2.76. The zero-order valence-electron chi connectivity index (χ0n) is 9.72. The lowest BCUT2D eigenvalue weighted by molar-refractivity contribution is 0.527. The van der Waals surface area contributed by atoms with Crippen molar-refractivity contribution in [2.24, 2.45) is 0 Å². The van der Waals surface area contributed by atoms with Gasteiger partial charge in [0, 0.05) is 5.56 Å². The molecule has 0 saturated heterocycles. The third kappa shape index (κ3) is 1.77. The van der Waals surface area contributed by atoms with E-state index in [2.05, 4.69) is 15.1 Å². The summed E-state index contributed by atoms with van der Waals surface area (Å²) >= 11 is 7.64. The fourth-order valence-corrected chi connectivity index (χ4v) is 2.79. The number of halogens is 1. The van der Waals surface area contributed by atoms with Gasteiger partial charge in [-0.25, -0.2) is 0 Å². The monoisotopic (exact) mass is 280 g/mol. The van der Waals surface area contributed by atoms with Crippen LogP contribution in [0.1, 0.15) is 11.3 Å². The van der Waals surface area contributed by atoms with Crippen molar-refractivity contribution in [2.45, 2.75) is 23.8 Å². The van der Waals surface area contributed by atoms with Crippen molar-refractivity contribution in [1.29, 1.82) is 0 Å². The van der Waals surface area contributed by atoms with Crippen molar-refractivity contribution < 1.29 is 4.42 Å². The fourth-order valence-electron chi connectivity index (χ4n) is 1.58. The van der Waals surface area contributed by atoms with Crippen LogP contribution in [0.25, 0.3) is 5.78 Å². The molecule has 0 aliphatic rings. The van der Waals surface area contributed by atoms with Crippen LogP contribution in [0.3, 0.4) is 0 Å². The van der Waals surface area contributed by atoms with Crippen LogP contribution in [-0.4, -0.2) is 19.6 Å². The molecule has 0 bridgehead atoms. The third-order valence-corrected chi connectivity index (χ3v) is 4.25. The number of hydrogen-bond acceptors (Lipinski definition) is 5. The summed E-state index contributed by atoms with van der Waals surface area (Å²) in [7, 11) is 0. The molecule has 0 saturated carbocycles. The molecule has 0 aliphatic heterocycles. The lowest BCUT2D eigenvalue weighted by Crippen LogP contribution is -1.99. The molecule has 7 heteroatoms. The molecule has 0 fully saturated rings. The molecule has 3 heterocycles. The van der Waals surface area contributed by atoms with Crippen LogP contribution in [0.4, 0.5) is 0 Å². The van der Waals surface area contributed by atoms with Crippen LogP contribution in [-0.2, 0) is 0 Å². The van der Waals surface area contributed by atoms with E-state index in [-0.39, 0.29) is 0 Å². The standard InChI is InChI=1S/C11H9ClN4OS/c1-6-9(12)15-11-13-5-14-16(11)10(6)18-8-3-4-17-7(8)2/h3-5H,1-2H3. The second-order valence-electron chi connectivity index (χ2n) is 3.75. The zero-order valence-corrected chi connectivity index (χ0v) is 11.3. The Bertz CT molecular complexity index is 721. The summed E-state index contributed by atoms with van der Waals surface area (Å²) in [5, 5.41) is 5.50. The summed E-state index contributed by atoms with van der Waals surface area (Å²) in [4.78, 5) is 9.24. The average molecular weight is 281 g/mol. The minimum Gasteiger partial charge on any atom is -0.468 e. The van der Waals surface area contributed by atoms with Crippen molar-refractivity contribution in [3.63, 3.8) is 0 Å². The second-order valence-corrected chi connectivity index (χ2v) is 5.14. The SMILES string of the molecule is Cc1occc1Sc1c(C)c(Cl)nc2ncnn12. The van der Waals surface area contributed by atoms with Gasteiger partial charge in [0.2, 0.25) is 0 Å². The van der Waals surface area contributed by atoms with Gasteiger partial charge >= 0.3 is 0 Å². The van der Waals surface area contributed by atoms with Gasteiger partial charge in [0.1, 0.15) is 22.3 Å². The smallest absolute Gasteiger partial charge is 0.254 e. The van der Waals surface area contributed by atoms with E-state index < -0.39 is 0 Å². The van der Waals surface area contributed by atoms with E-state index in [9.17, 15) is 0 Å². The lowest BCUT2D eigenvalue weighted by Gasteiger charge is -2.07. The van der Waals surface area contributed by atoms with Crippen LogP contribution in [0.2, 0.25) is 5.15 Å². The molecule has 3 aromatic rings. The van der Waals surface area contributed by atoms with Crippen LogP contribution in [0, 0.1) is 13.8 Å². The molecule has 92 valence electrons. The molecule has 5 nitrogen and oxygen atoms in total. The first-order valence-electron chi connectivity index (χ1n) is 5.24. The van der Waals surface area contributed by atoms with Gasteiger partial charge in [-0.2, -0.15) is 19.6 Å². The minimum absolute atomic E-state index is 0.444. The highest BCUT2D eigenvalue weighted by atomic mass is 35.5. The largest absolute Gasteiger partial charge is 0.468 e. The van der Waals surface area contributed by atoms with Crippen LogP contribution >= 0.6 is 23.4 Å². The molecular weight excluding hydrogens is 272 g/mol. The van der Waals surface area contributed by atoms with Crippen LogP contribution in [0.15, 0.2) is 33.0 Å². The second kappa shape index (κ2) is 4.29. The Hall–Kier alpha value is -1.53. The van der Waals surface area contributed by atoms with Gasteiger partial charge in [-0.05, 0) is 19.9 Å². The number of rotatable bonds is 2. The highest BCUT2D eigenvalue weighted by molar-refractivity contribution is 7.99. The highest BCUT2D eigenvalue weighted by Crippen LogP contribution is 2.34. The molecule has 0 atom stereocenters. The predicted molar refractivity (Wildman–Crippen MR) is 68.1 cm³/mol. The van der Waals surface area contributed by atoms with Crippen molar-refractivity contribution in [3.8, 4) is 0 Å². The van der Waals surface area contributed by atoms with E-state index in [0.29, 0.717) is 10.9 Å². The number of hydrogen-bond donors (Lipinski definition) is 0. The van der Waals surface area contributed by atoms with Crippen molar-refractivity contribution in [2.75, 3.05) is 0 Å². The topological polar surface area (TPSA) is 56.2 Å². The van der Waals surface area contributed by atoms with Crippen molar-refractivity contribution in [1.82, 2.24) is 19.6 Å². The van der Waals surface area contributed by atoms with Gasteiger partial charge in [0.15, 0.2) is 0 Å². The Labute approximate surface area is 112 Å². The van der Waals surface area contributed by atoms with Crippen molar-refractivity contribution >= 4 is 29.1 Å². The molecule has 18 heavy (non-hydrogen) atoms. The van der Waals surface area contributed by atoms with E-state index in [4.69, 9.17) is 16.0 Å². The summed E-state index contributed by atoms with van der Waals surface area (Å²) < 4.78 is 6.96. The molecule has 0 amide bonds. The van der Waals surface area contributed by atoms with E-state index in [1.54, 1.807) is 10.8 Å². The van der Waals surface area contributed by atoms with E-state index in [1.807, 2.05) is 19.9 Å². The molecule has 3 aromatic heterocycles. The number of furan rings is 1. The number of aryl methyl sites for hydroxylation is 1. The van der Waals surface area contributed by atoms with Gasteiger partial charge in [-0.3, -0.25) is 0 Å². The fraction of sp³-hybridized carbons (Fsp3) is 0.182. The Morgan fingerprint density at radius 3 is 2.94 bits per heavy atom. The quantitative estimate of drug-likeness (QED) is 0.675. The van der Waals surface area contributed by atoms with Crippen LogP contribution in [0.5, 0.6) is 0 Å². The molecular formula is C11H9ClN4OS. The summed E-state index contributed by atoms with van der Waals surface area (Å²) in [5.41, 5.74) is 0.875. The predicted octanol–water partition coefficient (Wildman–Crippen LogP) is 3.14. The molecule has 3 rings (SSSR count). The first kappa shape index (κ1) is 11.6. The molecule has 0 aliphatic carbocycles. The lowest BCUT2D eigenvalue weighted by atomic mass is 10.4. The summed E-state index contributed by atoms with van der Waals surface area (Å²) in [6.45, 7) is 3.83. The maximum absolute atomic E-state index is 6.10. The Morgan fingerprint density at radius 1 is 1.39 bits per heavy atom. The van der Waals surface area contributed by atoms with Crippen molar-refractivity contribution in [3.05, 3.63) is 35.1 Å². The van der Waals surface area contributed by atoms with Gasteiger partial charge in [0.25, 0.3) is 5.78 Å². The molecule has 0 unspecified atom stereocenters. The number of nitrogens with zero attached hydrogens (tertiary/aromatic N) is 4. The maximum Gasteiger partial charge on any atom is 0.254 e.